The van der Waals surface area contributed by atoms with Gasteiger partial charge in [-0.3, -0.25) is 0 Å². The first kappa shape index (κ1) is 15.1. The van der Waals surface area contributed by atoms with E-state index >= 15 is 0 Å². The van der Waals surface area contributed by atoms with Gasteiger partial charge in [-0.05, 0) is 57.8 Å². The van der Waals surface area contributed by atoms with Crippen molar-refractivity contribution in [1.82, 2.24) is 4.98 Å². The van der Waals surface area contributed by atoms with Gasteiger partial charge in [-0.15, -0.1) is 0 Å². The third-order valence-corrected chi connectivity index (χ3v) is 5.61. The summed E-state index contributed by atoms with van der Waals surface area (Å²) < 4.78 is 1.23. The summed E-state index contributed by atoms with van der Waals surface area (Å²) in [5, 5.41) is 4.35. The molecule has 0 unspecified atom stereocenters. The normalized spacial score (nSPS) is 11.0. The molecular formula is C16H15IN2S2. The van der Waals surface area contributed by atoms with Crippen molar-refractivity contribution < 1.29 is 0 Å². The van der Waals surface area contributed by atoms with E-state index in [2.05, 4.69) is 76.8 Å². The second-order valence-corrected chi connectivity index (χ2v) is 8.27. The molecule has 3 aromatic rings. The van der Waals surface area contributed by atoms with Gasteiger partial charge in [0.1, 0.15) is 0 Å². The number of hydrogen-bond acceptors (Lipinski definition) is 4. The number of anilines is 1. The minimum absolute atomic E-state index is 0.874. The standard InChI is InChI=1S/C16H15IN2S2/c1-10-5-3-6-11(2)14(10)12-7-4-8-13-15(12)19-16(21-13)18-9-20-17/h3-8H,9H2,1-2H3,(H,18,19). The highest BCUT2D eigenvalue weighted by molar-refractivity contribution is 14.2. The van der Waals surface area contributed by atoms with Crippen molar-refractivity contribution in [3.63, 3.8) is 0 Å². The van der Waals surface area contributed by atoms with Crippen LogP contribution in [0.3, 0.4) is 0 Å². The first-order valence-electron chi connectivity index (χ1n) is 6.64. The van der Waals surface area contributed by atoms with E-state index in [-0.39, 0.29) is 0 Å². The van der Waals surface area contributed by atoms with E-state index < -0.39 is 0 Å². The molecule has 0 aliphatic heterocycles. The average molecular weight is 426 g/mol. The number of para-hydroxylation sites is 1. The quantitative estimate of drug-likeness (QED) is 0.407. The molecule has 2 aromatic carbocycles. The van der Waals surface area contributed by atoms with Crippen LogP contribution in [0.25, 0.3) is 21.3 Å². The fourth-order valence-electron chi connectivity index (χ4n) is 2.55. The van der Waals surface area contributed by atoms with Gasteiger partial charge in [0.25, 0.3) is 0 Å². The van der Waals surface area contributed by atoms with Crippen molar-refractivity contribution in [3.05, 3.63) is 47.5 Å². The van der Waals surface area contributed by atoms with Gasteiger partial charge in [0.15, 0.2) is 5.13 Å². The highest BCUT2D eigenvalue weighted by atomic mass is 127. The minimum Gasteiger partial charge on any atom is -0.352 e. The van der Waals surface area contributed by atoms with Gasteiger partial charge in [-0.25, -0.2) is 4.98 Å². The summed E-state index contributed by atoms with van der Waals surface area (Å²) in [6.45, 7) is 4.33. The van der Waals surface area contributed by atoms with E-state index in [1.54, 1.807) is 20.3 Å². The molecule has 0 radical (unpaired) electrons. The van der Waals surface area contributed by atoms with Crippen molar-refractivity contribution in [2.75, 3.05) is 11.2 Å². The molecule has 0 amide bonds. The molecule has 0 spiro atoms. The van der Waals surface area contributed by atoms with Crippen molar-refractivity contribution in [2.45, 2.75) is 13.8 Å². The summed E-state index contributed by atoms with van der Waals surface area (Å²) in [6, 6.07) is 12.9. The second kappa shape index (κ2) is 6.54. The molecule has 0 atom stereocenters. The van der Waals surface area contributed by atoms with Crippen LogP contribution in [0.1, 0.15) is 11.1 Å². The third kappa shape index (κ3) is 3.05. The molecule has 5 heteroatoms. The van der Waals surface area contributed by atoms with Gasteiger partial charge >= 0.3 is 0 Å². The Labute approximate surface area is 145 Å². The fourth-order valence-corrected chi connectivity index (χ4v) is 4.19. The number of aromatic nitrogens is 1. The minimum atomic E-state index is 0.874. The number of rotatable bonds is 4. The SMILES string of the molecule is Cc1cccc(C)c1-c1cccc2sc(NCSI)nc12. The smallest absolute Gasteiger partial charge is 0.184 e. The number of nitrogens with one attached hydrogen (secondary N) is 1. The Kier molecular flexibility index (Phi) is 4.71. The lowest BCUT2D eigenvalue weighted by Crippen LogP contribution is -1.94. The molecule has 21 heavy (non-hydrogen) atoms. The van der Waals surface area contributed by atoms with Crippen LogP contribution in [0.15, 0.2) is 36.4 Å². The fraction of sp³-hybridized carbons (Fsp3) is 0.188. The monoisotopic (exact) mass is 426 g/mol. The van der Waals surface area contributed by atoms with E-state index in [0.717, 1.165) is 16.5 Å². The second-order valence-electron chi connectivity index (χ2n) is 4.87. The van der Waals surface area contributed by atoms with Crippen LogP contribution in [0.4, 0.5) is 5.13 Å². The van der Waals surface area contributed by atoms with Crippen molar-refractivity contribution in [2.24, 2.45) is 0 Å². The lowest BCUT2D eigenvalue weighted by atomic mass is 9.95. The number of thiazole rings is 1. The van der Waals surface area contributed by atoms with Gasteiger partial charge in [0, 0.05) is 5.56 Å². The molecule has 0 aliphatic carbocycles. The Hall–Kier alpha value is -0.790. The number of benzene rings is 2. The predicted octanol–water partition coefficient (Wildman–Crippen LogP) is 6.03. The van der Waals surface area contributed by atoms with E-state index in [4.69, 9.17) is 4.98 Å². The van der Waals surface area contributed by atoms with Gasteiger partial charge in [0.2, 0.25) is 0 Å². The lowest BCUT2D eigenvalue weighted by Gasteiger charge is -2.10. The number of aryl methyl sites for hydroxylation is 2. The van der Waals surface area contributed by atoms with Crippen LogP contribution in [-0.2, 0) is 0 Å². The van der Waals surface area contributed by atoms with Crippen LogP contribution in [0, 0.1) is 13.8 Å². The van der Waals surface area contributed by atoms with Crippen LogP contribution in [-0.4, -0.2) is 10.9 Å². The predicted molar refractivity (Wildman–Crippen MR) is 105 cm³/mol. The summed E-state index contributed by atoms with van der Waals surface area (Å²) >= 11 is 4.01. The van der Waals surface area contributed by atoms with Crippen LogP contribution in [0.2, 0.25) is 0 Å². The molecule has 0 saturated carbocycles. The zero-order chi connectivity index (χ0) is 14.8. The molecule has 108 valence electrons. The Morgan fingerprint density at radius 1 is 1.14 bits per heavy atom. The molecule has 1 N–H and O–H groups in total. The zero-order valence-corrected chi connectivity index (χ0v) is 15.6. The summed E-state index contributed by atoms with van der Waals surface area (Å²) in [4.78, 5) is 4.80. The van der Waals surface area contributed by atoms with Crippen molar-refractivity contribution >= 4 is 56.8 Å². The molecule has 1 heterocycles. The molecular weight excluding hydrogens is 411 g/mol. The van der Waals surface area contributed by atoms with Gasteiger partial charge in [-0.1, -0.05) is 50.6 Å². The van der Waals surface area contributed by atoms with Crippen LogP contribution in [0.5, 0.6) is 0 Å². The third-order valence-electron chi connectivity index (χ3n) is 3.45. The maximum atomic E-state index is 4.80. The molecule has 0 fully saturated rings. The molecule has 0 bridgehead atoms. The molecule has 0 aliphatic rings. The van der Waals surface area contributed by atoms with E-state index in [0.29, 0.717) is 0 Å². The highest BCUT2D eigenvalue weighted by Gasteiger charge is 2.12. The summed E-state index contributed by atoms with van der Waals surface area (Å²) in [5.41, 5.74) is 6.24. The van der Waals surface area contributed by atoms with E-state index in [1.165, 1.54) is 27.0 Å². The Morgan fingerprint density at radius 3 is 2.57 bits per heavy atom. The van der Waals surface area contributed by atoms with Crippen molar-refractivity contribution in [1.29, 1.82) is 0 Å². The van der Waals surface area contributed by atoms with Crippen LogP contribution < -0.4 is 5.32 Å². The zero-order valence-electron chi connectivity index (χ0n) is 11.8. The van der Waals surface area contributed by atoms with Gasteiger partial charge in [-0.2, -0.15) is 0 Å². The first-order valence-corrected chi connectivity index (χ1v) is 11.0. The number of fused-ring (bicyclic) bond motifs is 1. The molecule has 2 nitrogen and oxygen atoms in total. The Balaban J connectivity index is 2.16. The molecule has 1 aromatic heterocycles. The average Bonchev–Trinajstić information content (AvgIpc) is 2.88. The summed E-state index contributed by atoms with van der Waals surface area (Å²) in [6.07, 6.45) is 0. The summed E-state index contributed by atoms with van der Waals surface area (Å²) in [7, 11) is 1.74. The molecule has 0 saturated heterocycles. The maximum absolute atomic E-state index is 4.80. The number of hydrogen-bond donors (Lipinski definition) is 1. The number of nitrogens with zero attached hydrogens (tertiary/aromatic N) is 1. The lowest BCUT2D eigenvalue weighted by molar-refractivity contribution is 1.36. The highest BCUT2D eigenvalue weighted by Crippen LogP contribution is 2.36. The molecule has 3 rings (SSSR count). The van der Waals surface area contributed by atoms with Crippen molar-refractivity contribution in [3.8, 4) is 11.1 Å². The topological polar surface area (TPSA) is 24.9 Å². The maximum Gasteiger partial charge on any atom is 0.184 e. The Morgan fingerprint density at radius 2 is 1.86 bits per heavy atom. The van der Waals surface area contributed by atoms with Gasteiger partial charge in [0.05, 0.1) is 16.1 Å². The van der Waals surface area contributed by atoms with E-state index in [1.807, 2.05) is 0 Å². The largest absolute Gasteiger partial charge is 0.352 e. The number of halogens is 1. The van der Waals surface area contributed by atoms with Gasteiger partial charge < -0.3 is 5.32 Å². The first-order chi connectivity index (χ1) is 10.2. The van der Waals surface area contributed by atoms with Crippen LogP contribution >= 0.6 is 41.5 Å². The Bertz CT molecular complexity index is 763. The van der Waals surface area contributed by atoms with E-state index in [9.17, 15) is 0 Å². The summed E-state index contributed by atoms with van der Waals surface area (Å²) in [5.74, 6) is 0.874.